The molecule has 2 aromatic rings. The van der Waals surface area contributed by atoms with Crippen LogP contribution in [0.25, 0.3) is 0 Å². The molecule has 0 saturated heterocycles. The zero-order valence-electron chi connectivity index (χ0n) is 13.4. The Morgan fingerprint density at radius 3 is 2.57 bits per heavy atom. The van der Waals surface area contributed by atoms with Crippen LogP contribution in [-0.2, 0) is 6.54 Å². The smallest absolute Gasteiger partial charge is 0.207 e. The fourth-order valence-electron chi connectivity index (χ4n) is 2.16. The predicted molar refractivity (Wildman–Crippen MR) is 87.3 cm³/mol. The monoisotopic (exact) mass is 287 g/mol. The number of hydrogen-bond donors (Lipinski definition) is 1. The Kier molecular flexibility index (Phi) is 5.26. The van der Waals surface area contributed by atoms with Gasteiger partial charge in [-0.15, -0.1) is 0 Å². The summed E-state index contributed by atoms with van der Waals surface area (Å²) in [6.45, 7) is 10.3. The standard InChI is InChI=1S/C17H25N3O/c1-5-10-21-16-8-6-15(7-9-16)19-17-18-14(4)12-20(17)11-13(2)3/h6-9,12-13H,5,10-11H2,1-4H3,(H,18,19). The van der Waals surface area contributed by atoms with E-state index in [0.717, 1.165) is 42.7 Å². The average Bonchev–Trinajstić information content (AvgIpc) is 2.77. The van der Waals surface area contributed by atoms with E-state index in [9.17, 15) is 0 Å². The van der Waals surface area contributed by atoms with Gasteiger partial charge in [-0.25, -0.2) is 4.98 Å². The first-order chi connectivity index (χ1) is 10.1. The third-order valence-corrected chi connectivity index (χ3v) is 3.04. The number of aryl methyl sites for hydroxylation is 1. The van der Waals surface area contributed by atoms with Crippen molar-refractivity contribution in [2.24, 2.45) is 5.92 Å². The van der Waals surface area contributed by atoms with Crippen molar-refractivity contribution in [1.29, 1.82) is 0 Å². The lowest BCUT2D eigenvalue weighted by molar-refractivity contribution is 0.317. The molecule has 2 rings (SSSR count). The molecule has 0 saturated carbocycles. The highest BCUT2D eigenvalue weighted by molar-refractivity contribution is 5.55. The number of anilines is 2. The van der Waals surface area contributed by atoms with Crippen LogP contribution in [-0.4, -0.2) is 16.2 Å². The predicted octanol–water partition coefficient (Wildman–Crippen LogP) is 4.38. The first kappa shape index (κ1) is 15.4. The van der Waals surface area contributed by atoms with Gasteiger partial charge in [0.2, 0.25) is 5.95 Å². The van der Waals surface area contributed by atoms with Crippen LogP contribution < -0.4 is 10.1 Å². The summed E-state index contributed by atoms with van der Waals surface area (Å²) in [5, 5.41) is 3.38. The second-order valence-electron chi connectivity index (χ2n) is 5.75. The van der Waals surface area contributed by atoms with Crippen LogP contribution in [0.1, 0.15) is 32.9 Å². The van der Waals surface area contributed by atoms with E-state index in [1.807, 2.05) is 31.2 Å². The first-order valence-electron chi connectivity index (χ1n) is 7.62. The third kappa shape index (κ3) is 4.52. The van der Waals surface area contributed by atoms with Crippen LogP contribution in [0.3, 0.4) is 0 Å². The van der Waals surface area contributed by atoms with Crippen molar-refractivity contribution < 1.29 is 4.74 Å². The molecule has 4 heteroatoms. The molecule has 1 aromatic carbocycles. The van der Waals surface area contributed by atoms with E-state index >= 15 is 0 Å². The average molecular weight is 287 g/mol. The molecule has 1 N–H and O–H groups in total. The van der Waals surface area contributed by atoms with Gasteiger partial charge in [-0.3, -0.25) is 0 Å². The van der Waals surface area contributed by atoms with Gasteiger partial charge >= 0.3 is 0 Å². The molecule has 21 heavy (non-hydrogen) atoms. The van der Waals surface area contributed by atoms with Crippen molar-refractivity contribution in [2.75, 3.05) is 11.9 Å². The Hall–Kier alpha value is -1.97. The maximum absolute atomic E-state index is 5.59. The summed E-state index contributed by atoms with van der Waals surface area (Å²) in [5.41, 5.74) is 2.05. The van der Waals surface area contributed by atoms with Gasteiger partial charge in [0, 0.05) is 18.4 Å². The summed E-state index contributed by atoms with van der Waals surface area (Å²) < 4.78 is 7.76. The Bertz CT molecular complexity index is 558. The number of hydrogen-bond acceptors (Lipinski definition) is 3. The SMILES string of the molecule is CCCOc1ccc(Nc2nc(C)cn2CC(C)C)cc1. The Morgan fingerprint density at radius 2 is 1.95 bits per heavy atom. The van der Waals surface area contributed by atoms with Crippen LogP contribution in [0.4, 0.5) is 11.6 Å². The van der Waals surface area contributed by atoms with Crippen LogP contribution >= 0.6 is 0 Å². The maximum atomic E-state index is 5.59. The van der Waals surface area contributed by atoms with Gasteiger partial charge in [-0.1, -0.05) is 20.8 Å². The van der Waals surface area contributed by atoms with E-state index < -0.39 is 0 Å². The van der Waals surface area contributed by atoms with Crippen LogP contribution in [0.2, 0.25) is 0 Å². The summed E-state index contributed by atoms with van der Waals surface area (Å²) in [4.78, 5) is 4.55. The number of ether oxygens (including phenoxy) is 1. The molecule has 0 aliphatic rings. The lowest BCUT2D eigenvalue weighted by Crippen LogP contribution is -2.07. The fourth-order valence-corrected chi connectivity index (χ4v) is 2.16. The van der Waals surface area contributed by atoms with Crippen molar-refractivity contribution in [2.45, 2.75) is 40.7 Å². The number of imidazole rings is 1. The second kappa shape index (κ2) is 7.16. The molecule has 0 unspecified atom stereocenters. The van der Waals surface area contributed by atoms with Crippen molar-refractivity contribution in [3.8, 4) is 5.75 Å². The largest absolute Gasteiger partial charge is 0.494 e. The summed E-state index contributed by atoms with van der Waals surface area (Å²) in [6, 6.07) is 8.02. The van der Waals surface area contributed by atoms with Crippen LogP contribution in [0, 0.1) is 12.8 Å². The van der Waals surface area contributed by atoms with Crippen molar-refractivity contribution >= 4 is 11.6 Å². The van der Waals surface area contributed by atoms with E-state index in [0.29, 0.717) is 5.92 Å². The molecule has 0 radical (unpaired) electrons. The first-order valence-corrected chi connectivity index (χ1v) is 7.62. The molecule has 114 valence electrons. The second-order valence-corrected chi connectivity index (χ2v) is 5.75. The molecule has 0 aliphatic carbocycles. The molecular formula is C17H25N3O. The van der Waals surface area contributed by atoms with Gasteiger partial charge in [0.05, 0.1) is 12.3 Å². The molecule has 0 bridgehead atoms. The van der Waals surface area contributed by atoms with E-state index in [2.05, 4.69) is 41.8 Å². The number of benzene rings is 1. The highest BCUT2D eigenvalue weighted by Gasteiger charge is 2.07. The van der Waals surface area contributed by atoms with Crippen molar-refractivity contribution in [3.05, 3.63) is 36.2 Å². The van der Waals surface area contributed by atoms with Gasteiger partial charge in [0.1, 0.15) is 5.75 Å². The van der Waals surface area contributed by atoms with Crippen LogP contribution in [0.5, 0.6) is 5.75 Å². The quantitative estimate of drug-likeness (QED) is 0.821. The minimum atomic E-state index is 0.587. The molecule has 1 aromatic heterocycles. The Morgan fingerprint density at radius 1 is 1.24 bits per heavy atom. The summed E-state index contributed by atoms with van der Waals surface area (Å²) in [5.74, 6) is 2.39. The molecule has 1 heterocycles. The molecule has 0 spiro atoms. The third-order valence-electron chi connectivity index (χ3n) is 3.04. The molecule has 0 atom stereocenters. The van der Waals surface area contributed by atoms with Gasteiger partial charge in [-0.05, 0) is 43.5 Å². The maximum Gasteiger partial charge on any atom is 0.207 e. The summed E-state index contributed by atoms with van der Waals surface area (Å²) >= 11 is 0. The van der Waals surface area contributed by atoms with Gasteiger partial charge in [0.15, 0.2) is 0 Å². The fraction of sp³-hybridized carbons (Fsp3) is 0.471. The van der Waals surface area contributed by atoms with E-state index in [1.165, 1.54) is 0 Å². The van der Waals surface area contributed by atoms with E-state index in [4.69, 9.17) is 4.74 Å². The summed E-state index contributed by atoms with van der Waals surface area (Å²) in [6.07, 6.45) is 3.10. The highest BCUT2D eigenvalue weighted by Crippen LogP contribution is 2.20. The summed E-state index contributed by atoms with van der Waals surface area (Å²) in [7, 11) is 0. The minimum Gasteiger partial charge on any atom is -0.494 e. The molecule has 0 amide bonds. The highest BCUT2D eigenvalue weighted by atomic mass is 16.5. The Labute approximate surface area is 127 Å². The number of nitrogens with one attached hydrogen (secondary N) is 1. The molecule has 4 nitrogen and oxygen atoms in total. The zero-order valence-corrected chi connectivity index (χ0v) is 13.4. The number of rotatable bonds is 7. The zero-order chi connectivity index (χ0) is 15.2. The molecule has 0 fully saturated rings. The van der Waals surface area contributed by atoms with E-state index in [1.54, 1.807) is 0 Å². The number of nitrogens with zero attached hydrogens (tertiary/aromatic N) is 2. The van der Waals surface area contributed by atoms with E-state index in [-0.39, 0.29) is 0 Å². The minimum absolute atomic E-state index is 0.587. The Balaban J connectivity index is 2.07. The normalized spacial score (nSPS) is 10.9. The van der Waals surface area contributed by atoms with Crippen molar-refractivity contribution in [3.63, 3.8) is 0 Å². The van der Waals surface area contributed by atoms with Crippen molar-refractivity contribution in [1.82, 2.24) is 9.55 Å². The lowest BCUT2D eigenvalue weighted by atomic mass is 10.2. The topological polar surface area (TPSA) is 39.1 Å². The lowest BCUT2D eigenvalue weighted by Gasteiger charge is -2.12. The molecular weight excluding hydrogens is 262 g/mol. The van der Waals surface area contributed by atoms with Gasteiger partial charge in [0.25, 0.3) is 0 Å². The van der Waals surface area contributed by atoms with Gasteiger partial charge in [-0.2, -0.15) is 0 Å². The number of aromatic nitrogens is 2. The van der Waals surface area contributed by atoms with Crippen LogP contribution in [0.15, 0.2) is 30.5 Å². The molecule has 0 aliphatic heterocycles. The van der Waals surface area contributed by atoms with Gasteiger partial charge < -0.3 is 14.6 Å².